The van der Waals surface area contributed by atoms with Gasteiger partial charge in [-0.1, -0.05) is 68.8 Å². The second-order valence-corrected chi connectivity index (χ2v) is 11.2. The lowest BCUT2D eigenvalue weighted by Gasteiger charge is -2.35. The summed E-state index contributed by atoms with van der Waals surface area (Å²) in [6.07, 6.45) is 3.10. The fourth-order valence-electron chi connectivity index (χ4n) is 4.11. The first-order chi connectivity index (χ1) is 19.2. The summed E-state index contributed by atoms with van der Waals surface area (Å²) in [5.41, 5.74) is 7.53. The topological polar surface area (TPSA) is 114 Å². The first-order valence-corrected chi connectivity index (χ1v) is 15.7. The summed E-state index contributed by atoms with van der Waals surface area (Å²) >= 11 is 5.83. The van der Waals surface area contributed by atoms with Gasteiger partial charge in [-0.15, -0.1) is 0 Å². The number of carbonyl (C=O) groups is 3. The number of hydrogen-bond acceptors (Lipinski definition) is 8. The maximum Gasteiger partial charge on any atom is 0.329 e. The van der Waals surface area contributed by atoms with Gasteiger partial charge < -0.3 is 21.1 Å². The van der Waals surface area contributed by atoms with Gasteiger partial charge in [0.05, 0.1) is 6.04 Å². The average Bonchev–Trinajstić information content (AvgIpc) is 2.98. The SMILES string of the molecule is CC[C@H](C)[C@H](NC[C@@H](N)CS)C(=O)N(c1ccccc1)[C@@H](C)C(=O)N[C@@H](CCSC)C(=O)OCc1ccccc1. The van der Waals surface area contributed by atoms with Gasteiger partial charge in [0.1, 0.15) is 18.7 Å². The van der Waals surface area contributed by atoms with Gasteiger partial charge in [-0.05, 0) is 49.0 Å². The van der Waals surface area contributed by atoms with E-state index < -0.39 is 30.0 Å². The summed E-state index contributed by atoms with van der Waals surface area (Å²) in [6, 6.07) is 16.0. The van der Waals surface area contributed by atoms with E-state index in [1.54, 1.807) is 30.8 Å². The molecule has 0 aliphatic rings. The van der Waals surface area contributed by atoms with Gasteiger partial charge in [-0.3, -0.25) is 14.5 Å². The number of amides is 2. The third-order valence-corrected chi connectivity index (χ3v) is 7.90. The van der Waals surface area contributed by atoms with Crippen molar-refractivity contribution in [1.29, 1.82) is 0 Å². The van der Waals surface area contributed by atoms with Crippen molar-refractivity contribution in [2.45, 2.75) is 64.4 Å². The Hall–Kier alpha value is -2.53. The van der Waals surface area contributed by atoms with Gasteiger partial charge in [-0.2, -0.15) is 24.4 Å². The molecule has 2 rings (SSSR count). The van der Waals surface area contributed by atoms with Crippen LogP contribution in [0.2, 0.25) is 0 Å². The van der Waals surface area contributed by atoms with Crippen molar-refractivity contribution < 1.29 is 19.1 Å². The number of benzene rings is 2. The third kappa shape index (κ3) is 10.5. The number of hydrogen-bond donors (Lipinski definition) is 4. The first-order valence-electron chi connectivity index (χ1n) is 13.7. The number of esters is 1. The van der Waals surface area contributed by atoms with Crippen LogP contribution in [0.1, 0.15) is 39.2 Å². The number of rotatable bonds is 17. The largest absolute Gasteiger partial charge is 0.459 e. The van der Waals surface area contributed by atoms with E-state index in [0.29, 0.717) is 30.2 Å². The minimum absolute atomic E-state index is 0.0108. The maximum absolute atomic E-state index is 14.1. The van der Waals surface area contributed by atoms with Crippen LogP contribution in [-0.2, 0) is 25.7 Å². The molecule has 4 N–H and O–H groups in total. The standard InChI is InChI=1S/C30H44N4O4S2/c1-5-21(2)27(32-18-24(31)20-39)29(36)34(25-14-10-7-11-15-25)22(3)28(35)33-26(16-17-40-4)30(37)38-19-23-12-8-6-9-13-23/h6-15,21-22,24,26-27,32,39H,5,16-20,31H2,1-4H3,(H,33,35)/t21-,22-,24+,26-,27-/m0/s1. The van der Waals surface area contributed by atoms with Crippen LogP contribution in [0.3, 0.4) is 0 Å². The molecule has 40 heavy (non-hydrogen) atoms. The normalized spacial score (nSPS) is 14.8. The van der Waals surface area contributed by atoms with Crippen molar-refractivity contribution in [3.8, 4) is 0 Å². The van der Waals surface area contributed by atoms with Crippen LogP contribution in [-0.4, -0.2) is 66.3 Å². The molecule has 0 saturated carbocycles. The lowest BCUT2D eigenvalue weighted by molar-refractivity contribution is -0.149. The molecule has 5 atom stereocenters. The van der Waals surface area contributed by atoms with E-state index in [1.807, 2.05) is 68.6 Å². The Labute approximate surface area is 248 Å². The van der Waals surface area contributed by atoms with Crippen LogP contribution >= 0.6 is 24.4 Å². The Balaban J connectivity index is 2.27. The number of nitrogens with one attached hydrogen (secondary N) is 2. The van der Waals surface area contributed by atoms with Gasteiger partial charge in [-0.25, -0.2) is 4.79 Å². The van der Waals surface area contributed by atoms with Crippen LogP contribution in [0.25, 0.3) is 0 Å². The maximum atomic E-state index is 14.1. The minimum Gasteiger partial charge on any atom is -0.459 e. The smallest absolute Gasteiger partial charge is 0.329 e. The Bertz CT molecular complexity index is 1040. The molecule has 0 radical (unpaired) electrons. The number of carbonyl (C=O) groups excluding carboxylic acids is 3. The lowest BCUT2D eigenvalue weighted by atomic mass is 9.96. The number of thiol groups is 1. The molecule has 2 amide bonds. The summed E-state index contributed by atoms with van der Waals surface area (Å²) in [7, 11) is 0. The Morgan fingerprint density at radius 2 is 1.68 bits per heavy atom. The van der Waals surface area contributed by atoms with Crippen molar-refractivity contribution in [3.05, 3.63) is 66.2 Å². The highest BCUT2D eigenvalue weighted by Crippen LogP contribution is 2.22. The summed E-state index contributed by atoms with van der Waals surface area (Å²) < 4.78 is 5.54. The highest BCUT2D eigenvalue weighted by molar-refractivity contribution is 7.98. The summed E-state index contributed by atoms with van der Waals surface area (Å²) in [5.74, 6) is -0.0453. The van der Waals surface area contributed by atoms with Gasteiger partial charge in [0.25, 0.3) is 0 Å². The molecule has 10 heteroatoms. The number of thioether (sulfide) groups is 1. The third-order valence-electron chi connectivity index (χ3n) is 6.79. The van der Waals surface area contributed by atoms with E-state index in [2.05, 4.69) is 23.3 Å². The molecule has 0 saturated heterocycles. The molecule has 0 fully saturated rings. The van der Waals surface area contributed by atoms with E-state index in [9.17, 15) is 14.4 Å². The van der Waals surface area contributed by atoms with Crippen LogP contribution in [0.4, 0.5) is 5.69 Å². The first kappa shape index (κ1) is 33.7. The van der Waals surface area contributed by atoms with Crippen molar-refractivity contribution in [3.63, 3.8) is 0 Å². The van der Waals surface area contributed by atoms with Crippen LogP contribution < -0.4 is 21.3 Å². The zero-order valence-corrected chi connectivity index (χ0v) is 25.6. The summed E-state index contributed by atoms with van der Waals surface area (Å²) in [6.45, 7) is 6.22. The molecule has 0 unspecified atom stereocenters. The number of para-hydroxylation sites is 1. The van der Waals surface area contributed by atoms with Crippen molar-refractivity contribution >= 4 is 47.9 Å². The zero-order chi connectivity index (χ0) is 29.5. The van der Waals surface area contributed by atoms with E-state index >= 15 is 0 Å². The molecule has 0 aliphatic heterocycles. The minimum atomic E-state index is -0.888. The summed E-state index contributed by atoms with van der Waals surface area (Å²) in [5, 5.41) is 6.17. The molecule has 220 valence electrons. The van der Waals surface area contributed by atoms with Gasteiger partial charge in [0, 0.05) is 24.0 Å². The fraction of sp³-hybridized carbons (Fsp3) is 0.500. The molecule has 0 bridgehead atoms. The number of nitrogens with two attached hydrogens (primary N) is 1. The molecule has 0 heterocycles. The second kappa shape index (κ2) is 18.0. The molecular formula is C30H44N4O4S2. The molecule has 8 nitrogen and oxygen atoms in total. The predicted octanol–water partition coefficient (Wildman–Crippen LogP) is 3.65. The quantitative estimate of drug-likeness (QED) is 0.165. The Morgan fingerprint density at radius 3 is 2.25 bits per heavy atom. The number of nitrogens with zero attached hydrogens (tertiary/aromatic N) is 1. The van der Waals surface area contributed by atoms with Crippen LogP contribution in [0.15, 0.2) is 60.7 Å². The second-order valence-electron chi connectivity index (χ2n) is 9.87. The van der Waals surface area contributed by atoms with Gasteiger partial charge in [0.15, 0.2) is 0 Å². The van der Waals surface area contributed by atoms with E-state index in [1.165, 1.54) is 4.90 Å². The van der Waals surface area contributed by atoms with Crippen molar-refractivity contribution in [1.82, 2.24) is 10.6 Å². The molecule has 0 spiro atoms. The lowest BCUT2D eigenvalue weighted by Crippen LogP contribution is -2.58. The molecule has 2 aromatic rings. The predicted molar refractivity (Wildman–Crippen MR) is 168 cm³/mol. The number of anilines is 1. The fourth-order valence-corrected chi connectivity index (χ4v) is 4.71. The Kier molecular flexibility index (Phi) is 15.2. The van der Waals surface area contributed by atoms with E-state index in [0.717, 1.165) is 12.0 Å². The van der Waals surface area contributed by atoms with Crippen molar-refractivity contribution in [2.75, 3.05) is 29.2 Å². The molecular weight excluding hydrogens is 544 g/mol. The van der Waals surface area contributed by atoms with E-state index in [4.69, 9.17) is 10.5 Å². The van der Waals surface area contributed by atoms with Gasteiger partial charge >= 0.3 is 5.97 Å². The number of ether oxygens (including phenoxy) is 1. The average molecular weight is 589 g/mol. The molecule has 2 aromatic carbocycles. The highest BCUT2D eigenvalue weighted by Gasteiger charge is 2.36. The van der Waals surface area contributed by atoms with Gasteiger partial charge in [0.2, 0.25) is 11.8 Å². The van der Waals surface area contributed by atoms with Crippen molar-refractivity contribution in [2.24, 2.45) is 11.7 Å². The van der Waals surface area contributed by atoms with E-state index in [-0.39, 0.29) is 24.5 Å². The Morgan fingerprint density at radius 1 is 1.05 bits per heavy atom. The van der Waals surface area contributed by atoms with Crippen LogP contribution in [0.5, 0.6) is 0 Å². The van der Waals surface area contributed by atoms with Crippen LogP contribution in [0, 0.1) is 5.92 Å². The zero-order valence-electron chi connectivity index (χ0n) is 23.9. The molecule has 0 aromatic heterocycles. The highest BCUT2D eigenvalue weighted by atomic mass is 32.2. The monoisotopic (exact) mass is 588 g/mol. The summed E-state index contributed by atoms with van der Waals surface area (Å²) in [4.78, 5) is 42.2. The molecule has 0 aliphatic carbocycles.